The lowest BCUT2D eigenvalue weighted by Crippen LogP contribution is -2.41. The van der Waals surface area contributed by atoms with E-state index in [1.54, 1.807) is 42.5 Å². The first-order chi connectivity index (χ1) is 15.0. The van der Waals surface area contributed by atoms with Crippen molar-refractivity contribution in [1.82, 2.24) is 10.2 Å². The van der Waals surface area contributed by atoms with Crippen LogP contribution < -0.4 is 5.32 Å². The molecule has 1 atom stereocenters. The summed E-state index contributed by atoms with van der Waals surface area (Å²) < 4.78 is 25.4. The van der Waals surface area contributed by atoms with Crippen LogP contribution in [0.3, 0.4) is 0 Å². The fraction of sp³-hybridized carbons (Fsp3) is 0.167. The summed E-state index contributed by atoms with van der Waals surface area (Å²) in [5.41, 5.74) is 1.96. The van der Waals surface area contributed by atoms with Gasteiger partial charge in [0, 0.05) is 18.7 Å². The van der Waals surface area contributed by atoms with Crippen LogP contribution in [-0.2, 0) is 21.2 Å². The first kappa shape index (κ1) is 20.8. The Hall–Kier alpha value is -3.45. The molecule has 0 spiro atoms. The number of fused-ring (bicyclic) bond motifs is 1. The zero-order valence-electron chi connectivity index (χ0n) is 16.8. The maximum atomic E-state index is 13.1. The number of carbonyl (C=O) groups excluding carboxylic acids is 2. The molecule has 0 fully saturated rings. The van der Waals surface area contributed by atoms with E-state index in [1.807, 2.05) is 30.3 Å². The number of nitrogens with zero attached hydrogens (tertiary/aromatic N) is 1. The molecule has 0 bridgehead atoms. The van der Waals surface area contributed by atoms with E-state index < -0.39 is 15.9 Å². The average Bonchev–Trinajstić information content (AvgIpc) is 3.09. The molecule has 1 N–H and O–H groups in total. The molecule has 0 aromatic heterocycles. The van der Waals surface area contributed by atoms with E-state index in [1.165, 1.54) is 17.0 Å². The van der Waals surface area contributed by atoms with Gasteiger partial charge in [0.05, 0.1) is 10.6 Å². The van der Waals surface area contributed by atoms with Gasteiger partial charge in [-0.1, -0.05) is 66.7 Å². The molecule has 1 aliphatic rings. The highest BCUT2D eigenvalue weighted by Crippen LogP contribution is 2.33. The summed E-state index contributed by atoms with van der Waals surface area (Å²) in [6.07, 6.45) is 0. The van der Waals surface area contributed by atoms with E-state index in [0.29, 0.717) is 17.7 Å². The van der Waals surface area contributed by atoms with Gasteiger partial charge >= 0.3 is 0 Å². The Balaban J connectivity index is 1.55. The minimum atomic E-state index is -3.59. The van der Waals surface area contributed by atoms with Gasteiger partial charge in [-0.25, -0.2) is 8.42 Å². The van der Waals surface area contributed by atoms with Crippen molar-refractivity contribution in [3.63, 3.8) is 0 Å². The largest absolute Gasteiger partial charge is 0.350 e. The van der Waals surface area contributed by atoms with Gasteiger partial charge < -0.3 is 10.2 Å². The second kappa shape index (κ2) is 8.73. The normalized spacial score (nSPS) is 15.5. The summed E-state index contributed by atoms with van der Waals surface area (Å²) in [5.74, 6) is -0.933. The smallest absolute Gasteiger partial charge is 0.255 e. The van der Waals surface area contributed by atoms with Crippen LogP contribution in [0.2, 0.25) is 0 Å². The monoisotopic (exact) mass is 434 g/mol. The maximum Gasteiger partial charge on any atom is 0.255 e. The zero-order chi connectivity index (χ0) is 21.8. The number of nitrogens with one attached hydrogen (secondary N) is 1. The van der Waals surface area contributed by atoms with Gasteiger partial charge in [-0.05, 0) is 29.3 Å². The van der Waals surface area contributed by atoms with Gasteiger partial charge in [0.15, 0.2) is 9.84 Å². The third-order valence-corrected chi connectivity index (χ3v) is 7.03. The lowest BCUT2D eigenvalue weighted by molar-refractivity contribution is -0.125. The molecule has 158 valence electrons. The van der Waals surface area contributed by atoms with E-state index in [9.17, 15) is 18.0 Å². The Kier molecular flexibility index (Phi) is 5.86. The summed E-state index contributed by atoms with van der Waals surface area (Å²) in [7, 11) is -3.59. The van der Waals surface area contributed by atoms with Gasteiger partial charge in [0.1, 0.15) is 6.04 Å². The molecular weight excluding hydrogens is 412 g/mol. The van der Waals surface area contributed by atoms with Crippen LogP contribution in [0.4, 0.5) is 0 Å². The summed E-state index contributed by atoms with van der Waals surface area (Å²) in [6, 6.07) is 23.6. The molecule has 7 heteroatoms. The van der Waals surface area contributed by atoms with Crippen LogP contribution in [0, 0.1) is 0 Å². The predicted octanol–water partition coefficient (Wildman–Crippen LogP) is 2.97. The SMILES string of the molecule is O=C(NCc1ccccc1)C1c2ccccc2C(=O)N1CCS(=O)(=O)c1ccccc1. The Morgan fingerprint density at radius 3 is 2.19 bits per heavy atom. The first-order valence-corrected chi connectivity index (χ1v) is 11.6. The Labute approximate surface area is 181 Å². The Morgan fingerprint density at radius 2 is 1.48 bits per heavy atom. The van der Waals surface area contributed by atoms with Crippen molar-refractivity contribution in [2.75, 3.05) is 12.3 Å². The lowest BCUT2D eigenvalue weighted by Gasteiger charge is -2.24. The zero-order valence-corrected chi connectivity index (χ0v) is 17.6. The minimum Gasteiger partial charge on any atom is -0.350 e. The third-order valence-electron chi connectivity index (χ3n) is 5.32. The van der Waals surface area contributed by atoms with Crippen molar-refractivity contribution < 1.29 is 18.0 Å². The van der Waals surface area contributed by atoms with Crippen LogP contribution in [0.15, 0.2) is 89.8 Å². The van der Waals surface area contributed by atoms with Gasteiger partial charge in [0.25, 0.3) is 5.91 Å². The quantitative estimate of drug-likeness (QED) is 0.620. The molecule has 3 aromatic carbocycles. The van der Waals surface area contributed by atoms with Crippen molar-refractivity contribution in [2.24, 2.45) is 0 Å². The third kappa shape index (κ3) is 4.36. The van der Waals surface area contributed by atoms with Gasteiger partial charge in [-0.15, -0.1) is 0 Å². The number of rotatable bonds is 7. The molecule has 31 heavy (non-hydrogen) atoms. The first-order valence-electron chi connectivity index (χ1n) is 9.97. The van der Waals surface area contributed by atoms with E-state index >= 15 is 0 Å². The van der Waals surface area contributed by atoms with E-state index in [4.69, 9.17) is 0 Å². The molecule has 2 amide bonds. The van der Waals surface area contributed by atoms with E-state index in [0.717, 1.165) is 5.56 Å². The van der Waals surface area contributed by atoms with Crippen molar-refractivity contribution in [1.29, 1.82) is 0 Å². The van der Waals surface area contributed by atoms with E-state index in [-0.39, 0.29) is 29.0 Å². The second-order valence-corrected chi connectivity index (χ2v) is 9.43. The topological polar surface area (TPSA) is 83.6 Å². The van der Waals surface area contributed by atoms with Crippen molar-refractivity contribution in [3.8, 4) is 0 Å². The molecule has 4 rings (SSSR count). The van der Waals surface area contributed by atoms with Gasteiger partial charge in [-0.2, -0.15) is 0 Å². The molecule has 0 aliphatic carbocycles. The second-order valence-electron chi connectivity index (χ2n) is 7.32. The molecule has 0 saturated carbocycles. The predicted molar refractivity (Wildman–Crippen MR) is 117 cm³/mol. The highest BCUT2D eigenvalue weighted by atomic mass is 32.2. The summed E-state index contributed by atoms with van der Waals surface area (Å²) in [6.45, 7) is 0.247. The van der Waals surface area contributed by atoms with Crippen molar-refractivity contribution in [2.45, 2.75) is 17.5 Å². The fourth-order valence-electron chi connectivity index (χ4n) is 3.73. The molecule has 6 nitrogen and oxygen atoms in total. The summed E-state index contributed by atoms with van der Waals surface area (Å²) in [4.78, 5) is 27.6. The number of hydrogen-bond donors (Lipinski definition) is 1. The number of carbonyl (C=O) groups is 2. The lowest BCUT2D eigenvalue weighted by atomic mass is 10.0. The molecule has 1 heterocycles. The fourth-order valence-corrected chi connectivity index (χ4v) is 4.97. The Morgan fingerprint density at radius 1 is 0.871 bits per heavy atom. The minimum absolute atomic E-state index is 0.0752. The molecule has 3 aromatic rings. The standard InChI is InChI=1S/C24H22N2O4S/c27-23(25-17-18-9-3-1-4-10-18)22-20-13-7-8-14-21(20)24(28)26(22)15-16-31(29,30)19-11-5-2-6-12-19/h1-14,22H,15-17H2,(H,25,27). The molecule has 1 aliphatic heterocycles. The highest BCUT2D eigenvalue weighted by molar-refractivity contribution is 7.91. The number of sulfone groups is 1. The van der Waals surface area contributed by atoms with Crippen LogP contribution in [-0.4, -0.2) is 37.4 Å². The van der Waals surface area contributed by atoms with Crippen LogP contribution in [0.25, 0.3) is 0 Å². The maximum absolute atomic E-state index is 13.1. The average molecular weight is 435 g/mol. The highest BCUT2D eigenvalue weighted by Gasteiger charge is 2.41. The number of amides is 2. The molecule has 0 radical (unpaired) electrons. The van der Waals surface area contributed by atoms with Crippen LogP contribution >= 0.6 is 0 Å². The Bertz CT molecular complexity index is 1190. The number of benzene rings is 3. The summed E-state index contributed by atoms with van der Waals surface area (Å²) in [5, 5.41) is 2.88. The van der Waals surface area contributed by atoms with Gasteiger partial charge in [-0.3, -0.25) is 9.59 Å². The van der Waals surface area contributed by atoms with Gasteiger partial charge in [0.2, 0.25) is 5.91 Å². The molecule has 1 unspecified atom stereocenters. The van der Waals surface area contributed by atoms with Crippen LogP contribution in [0.5, 0.6) is 0 Å². The van der Waals surface area contributed by atoms with Crippen molar-refractivity contribution >= 4 is 21.7 Å². The number of hydrogen-bond acceptors (Lipinski definition) is 4. The van der Waals surface area contributed by atoms with Crippen LogP contribution in [0.1, 0.15) is 27.5 Å². The van der Waals surface area contributed by atoms with E-state index in [2.05, 4.69) is 5.32 Å². The molecular formula is C24H22N2O4S. The molecule has 0 saturated heterocycles. The summed E-state index contributed by atoms with van der Waals surface area (Å²) >= 11 is 0. The van der Waals surface area contributed by atoms with Crippen molar-refractivity contribution in [3.05, 3.63) is 102 Å².